The lowest BCUT2D eigenvalue weighted by Crippen LogP contribution is -2.39. The number of amides is 1. The minimum atomic E-state index is -0.250. The van der Waals surface area contributed by atoms with Gasteiger partial charge in [-0.25, -0.2) is 0 Å². The number of hydrogen-bond donors (Lipinski definition) is 2. The number of aromatic nitrogens is 2. The molecule has 1 aliphatic heterocycles. The van der Waals surface area contributed by atoms with E-state index in [2.05, 4.69) is 15.7 Å². The monoisotopic (exact) mass is 308 g/mol. The van der Waals surface area contributed by atoms with Gasteiger partial charge in [-0.2, -0.15) is 5.10 Å². The van der Waals surface area contributed by atoms with Gasteiger partial charge in [-0.1, -0.05) is 0 Å². The maximum Gasteiger partial charge on any atom is 0.271 e. The minimum absolute atomic E-state index is 0.0314. The Morgan fingerprint density at radius 2 is 2.41 bits per heavy atom. The van der Waals surface area contributed by atoms with E-state index in [0.29, 0.717) is 11.7 Å². The molecule has 0 saturated carbocycles. The van der Waals surface area contributed by atoms with Crippen molar-refractivity contribution in [2.45, 2.75) is 57.7 Å². The highest BCUT2D eigenvalue weighted by Gasteiger charge is 2.23. The number of nitrogens with one attached hydrogen (secondary N) is 2. The summed E-state index contributed by atoms with van der Waals surface area (Å²) in [7, 11) is 1.69. The first-order valence-corrected chi connectivity index (χ1v) is 8.03. The molecule has 6 nitrogen and oxygen atoms in total. The predicted octanol–water partition coefficient (Wildman–Crippen LogP) is 1.74. The van der Waals surface area contributed by atoms with Crippen molar-refractivity contribution in [3.63, 3.8) is 0 Å². The highest BCUT2D eigenvalue weighted by atomic mass is 16.5. The predicted molar refractivity (Wildman–Crippen MR) is 86.0 cm³/mol. The Labute approximate surface area is 132 Å². The molecule has 6 heteroatoms. The van der Waals surface area contributed by atoms with E-state index in [0.717, 1.165) is 32.4 Å². The van der Waals surface area contributed by atoms with Crippen LogP contribution in [0.3, 0.4) is 0 Å². The molecule has 1 aliphatic rings. The lowest BCUT2D eigenvalue weighted by molar-refractivity contribution is 0.00882. The van der Waals surface area contributed by atoms with Gasteiger partial charge in [0.25, 0.3) is 5.91 Å². The highest BCUT2D eigenvalue weighted by Crippen LogP contribution is 2.17. The van der Waals surface area contributed by atoms with Crippen molar-refractivity contribution in [1.29, 1.82) is 0 Å². The van der Waals surface area contributed by atoms with Gasteiger partial charge in [0, 0.05) is 25.9 Å². The molecule has 2 heterocycles. The summed E-state index contributed by atoms with van der Waals surface area (Å²) >= 11 is 0. The van der Waals surface area contributed by atoms with E-state index in [9.17, 15) is 4.79 Å². The van der Waals surface area contributed by atoms with Crippen LogP contribution in [0, 0.1) is 0 Å². The Hall–Kier alpha value is -1.40. The molecule has 2 unspecified atom stereocenters. The number of methoxy groups -OCH3 is 1. The van der Waals surface area contributed by atoms with Crippen molar-refractivity contribution in [2.75, 3.05) is 20.2 Å². The highest BCUT2D eigenvalue weighted by molar-refractivity contribution is 5.92. The van der Waals surface area contributed by atoms with Crippen LogP contribution in [0.25, 0.3) is 0 Å². The molecule has 0 aliphatic carbocycles. The molecule has 1 aromatic rings. The summed E-state index contributed by atoms with van der Waals surface area (Å²) in [4.78, 5) is 12.3. The topological polar surface area (TPSA) is 68.2 Å². The van der Waals surface area contributed by atoms with E-state index in [1.165, 1.54) is 0 Å². The summed E-state index contributed by atoms with van der Waals surface area (Å²) in [5.41, 5.74) is 0.229. The van der Waals surface area contributed by atoms with E-state index < -0.39 is 0 Å². The average molecular weight is 308 g/mol. The third kappa shape index (κ3) is 4.55. The Morgan fingerprint density at radius 1 is 1.64 bits per heavy atom. The van der Waals surface area contributed by atoms with Gasteiger partial charge < -0.3 is 15.4 Å². The number of carbonyl (C=O) groups excluding carboxylic acids is 1. The molecule has 124 valence electrons. The van der Waals surface area contributed by atoms with Crippen molar-refractivity contribution >= 4 is 5.91 Å². The Bertz CT molecular complexity index is 492. The van der Waals surface area contributed by atoms with Gasteiger partial charge in [0.2, 0.25) is 0 Å². The van der Waals surface area contributed by atoms with Crippen LogP contribution in [-0.2, 0) is 4.74 Å². The average Bonchev–Trinajstić information content (AvgIpc) is 2.97. The number of nitrogens with zero attached hydrogens (tertiary/aromatic N) is 2. The Balaban J connectivity index is 1.91. The summed E-state index contributed by atoms with van der Waals surface area (Å²) < 4.78 is 7.31. The van der Waals surface area contributed by atoms with Gasteiger partial charge in [-0.05, 0) is 52.6 Å². The SMILES string of the molecule is COC(C)(C)CC(C)NC(=O)c1ccn(C2CCCNC2)n1. The van der Waals surface area contributed by atoms with Crippen molar-refractivity contribution in [3.8, 4) is 0 Å². The molecule has 1 fully saturated rings. The third-order valence-corrected chi connectivity index (χ3v) is 4.21. The van der Waals surface area contributed by atoms with Crippen molar-refractivity contribution in [2.24, 2.45) is 0 Å². The van der Waals surface area contributed by atoms with E-state index in [1.807, 2.05) is 31.6 Å². The second-order valence-electron chi connectivity index (χ2n) is 6.72. The molecule has 2 N–H and O–H groups in total. The fraction of sp³-hybridized carbons (Fsp3) is 0.750. The lowest BCUT2D eigenvalue weighted by Gasteiger charge is -2.26. The molecule has 1 aromatic heterocycles. The van der Waals surface area contributed by atoms with Gasteiger partial charge >= 0.3 is 0 Å². The molecule has 1 amide bonds. The summed E-state index contributed by atoms with van der Waals surface area (Å²) in [5, 5.41) is 10.8. The normalized spacial score (nSPS) is 20.6. The fourth-order valence-electron chi connectivity index (χ4n) is 2.89. The second-order valence-corrected chi connectivity index (χ2v) is 6.72. The zero-order valence-corrected chi connectivity index (χ0v) is 14.1. The third-order valence-electron chi connectivity index (χ3n) is 4.21. The second kappa shape index (κ2) is 7.24. The number of carbonyl (C=O) groups is 1. The molecule has 22 heavy (non-hydrogen) atoms. The fourth-order valence-corrected chi connectivity index (χ4v) is 2.89. The van der Waals surface area contributed by atoms with Crippen molar-refractivity contribution < 1.29 is 9.53 Å². The van der Waals surface area contributed by atoms with Crippen LogP contribution in [0.15, 0.2) is 12.3 Å². The van der Waals surface area contributed by atoms with Crippen molar-refractivity contribution in [3.05, 3.63) is 18.0 Å². The largest absolute Gasteiger partial charge is 0.379 e. The first kappa shape index (κ1) is 17.0. The zero-order valence-electron chi connectivity index (χ0n) is 14.1. The smallest absolute Gasteiger partial charge is 0.271 e. The van der Waals surface area contributed by atoms with Gasteiger partial charge in [-0.15, -0.1) is 0 Å². The van der Waals surface area contributed by atoms with Crippen LogP contribution in [0.4, 0.5) is 0 Å². The van der Waals surface area contributed by atoms with Crippen LogP contribution in [-0.4, -0.2) is 47.5 Å². The standard InChI is InChI=1S/C16H28N4O2/c1-12(10-16(2,3)22-4)18-15(21)14-7-9-20(19-14)13-6-5-8-17-11-13/h7,9,12-13,17H,5-6,8,10-11H2,1-4H3,(H,18,21). The summed E-state index contributed by atoms with van der Waals surface area (Å²) in [6, 6.07) is 2.17. The summed E-state index contributed by atoms with van der Waals surface area (Å²) in [6.07, 6.45) is 4.90. The molecule has 0 spiro atoms. The molecule has 0 radical (unpaired) electrons. The number of rotatable bonds is 6. The molecule has 2 atom stereocenters. The van der Waals surface area contributed by atoms with Crippen LogP contribution in [0.5, 0.6) is 0 Å². The maximum absolute atomic E-state index is 12.3. The van der Waals surface area contributed by atoms with Crippen LogP contribution < -0.4 is 10.6 Å². The van der Waals surface area contributed by atoms with Crippen LogP contribution in [0.1, 0.15) is 56.6 Å². The molecular formula is C16H28N4O2. The number of piperidine rings is 1. The first-order valence-electron chi connectivity index (χ1n) is 8.03. The van der Waals surface area contributed by atoms with Gasteiger partial charge in [0.05, 0.1) is 11.6 Å². The van der Waals surface area contributed by atoms with Gasteiger partial charge in [0.1, 0.15) is 5.69 Å². The van der Waals surface area contributed by atoms with E-state index in [4.69, 9.17) is 4.74 Å². The lowest BCUT2D eigenvalue weighted by atomic mass is 10.00. The van der Waals surface area contributed by atoms with Crippen molar-refractivity contribution in [1.82, 2.24) is 20.4 Å². The molecule has 0 aromatic carbocycles. The first-order chi connectivity index (χ1) is 10.4. The molecule has 2 rings (SSSR count). The maximum atomic E-state index is 12.3. The number of ether oxygens (including phenoxy) is 1. The van der Waals surface area contributed by atoms with Crippen LogP contribution in [0.2, 0.25) is 0 Å². The van der Waals surface area contributed by atoms with E-state index in [-0.39, 0.29) is 17.6 Å². The van der Waals surface area contributed by atoms with Gasteiger partial charge in [-0.3, -0.25) is 9.48 Å². The van der Waals surface area contributed by atoms with E-state index in [1.54, 1.807) is 13.2 Å². The zero-order chi connectivity index (χ0) is 16.2. The minimum Gasteiger partial charge on any atom is -0.379 e. The Morgan fingerprint density at radius 3 is 3.05 bits per heavy atom. The summed E-state index contributed by atoms with van der Waals surface area (Å²) in [6.45, 7) is 8.00. The molecule has 1 saturated heterocycles. The van der Waals surface area contributed by atoms with Gasteiger partial charge in [0.15, 0.2) is 0 Å². The van der Waals surface area contributed by atoms with Crippen LogP contribution >= 0.6 is 0 Å². The molecule has 0 bridgehead atoms. The molecular weight excluding hydrogens is 280 g/mol. The summed E-state index contributed by atoms with van der Waals surface area (Å²) in [5.74, 6) is -0.123. The quantitative estimate of drug-likeness (QED) is 0.840. The number of hydrogen-bond acceptors (Lipinski definition) is 4. The van der Waals surface area contributed by atoms with E-state index >= 15 is 0 Å². The Kier molecular flexibility index (Phi) is 5.58.